The van der Waals surface area contributed by atoms with Crippen molar-refractivity contribution in [3.63, 3.8) is 0 Å². The van der Waals surface area contributed by atoms with Gasteiger partial charge in [0.1, 0.15) is 11.5 Å². The minimum absolute atomic E-state index is 0.205. The van der Waals surface area contributed by atoms with Gasteiger partial charge in [0.2, 0.25) is 0 Å². The van der Waals surface area contributed by atoms with Crippen molar-refractivity contribution in [1.82, 2.24) is 0 Å². The molecule has 2 aromatic rings. The summed E-state index contributed by atoms with van der Waals surface area (Å²) in [5.41, 5.74) is 1.22. The van der Waals surface area contributed by atoms with E-state index in [1.165, 1.54) is 11.6 Å². The van der Waals surface area contributed by atoms with E-state index in [4.69, 9.17) is 0 Å². The van der Waals surface area contributed by atoms with E-state index in [-0.39, 0.29) is 10.2 Å². The molecule has 1 N–H and O–H groups in total. The van der Waals surface area contributed by atoms with Crippen LogP contribution in [0.15, 0.2) is 33.4 Å². The highest BCUT2D eigenvalue weighted by Crippen LogP contribution is 2.30. The van der Waals surface area contributed by atoms with Gasteiger partial charge in [0, 0.05) is 6.54 Å². The second-order valence-corrected chi connectivity index (χ2v) is 5.48. The average Bonchev–Trinajstić information content (AvgIpc) is 2.86. The van der Waals surface area contributed by atoms with Gasteiger partial charge in [-0.1, -0.05) is 0 Å². The van der Waals surface area contributed by atoms with Gasteiger partial charge in [-0.05, 0) is 50.8 Å². The van der Waals surface area contributed by atoms with Gasteiger partial charge in [-0.2, -0.15) is 11.3 Å². The molecule has 0 unspecified atom stereocenters. The molecule has 1 heterocycles. The Morgan fingerprint density at radius 3 is 2.89 bits per heavy atom. The summed E-state index contributed by atoms with van der Waals surface area (Å²) in [6.45, 7) is 0.551. The number of nitrogens with one attached hydrogen (secondary N) is 1. The zero-order chi connectivity index (χ0) is 13.8. The first-order valence-electron chi connectivity index (χ1n) is 5.46. The highest BCUT2D eigenvalue weighted by molar-refractivity contribution is 9.10. The summed E-state index contributed by atoms with van der Waals surface area (Å²) < 4.78 is 13.5. The number of nitro groups is 1. The van der Waals surface area contributed by atoms with Gasteiger partial charge in [0.15, 0.2) is 0 Å². The molecule has 1 aromatic heterocycles. The van der Waals surface area contributed by atoms with E-state index in [0.29, 0.717) is 12.2 Å². The highest BCUT2D eigenvalue weighted by atomic mass is 79.9. The van der Waals surface area contributed by atoms with Crippen LogP contribution in [0, 0.1) is 15.9 Å². The fraction of sp³-hybridized carbons (Fsp3) is 0.167. The summed E-state index contributed by atoms with van der Waals surface area (Å²) in [5.74, 6) is -0.643. The Morgan fingerprint density at radius 2 is 2.26 bits per heavy atom. The lowest BCUT2D eigenvalue weighted by Gasteiger charge is -2.07. The first-order chi connectivity index (χ1) is 9.08. The standard InChI is InChI=1S/C12H10BrFN2O2S/c13-9-5-11(12(16(17)18)6-10(9)14)15-3-1-8-2-4-19-7-8/h2,4-7,15H,1,3H2. The molecule has 1 aromatic carbocycles. The first kappa shape index (κ1) is 14.0. The number of thiophene rings is 1. The zero-order valence-electron chi connectivity index (χ0n) is 9.73. The van der Waals surface area contributed by atoms with E-state index in [2.05, 4.69) is 21.2 Å². The summed E-state index contributed by atoms with van der Waals surface area (Å²) >= 11 is 4.63. The Labute approximate surface area is 121 Å². The lowest BCUT2D eigenvalue weighted by atomic mass is 10.2. The van der Waals surface area contributed by atoms with Crippen LogP contribution in [0.5, 0.6) is 0 Å². The van der Waals surface area contributed by atoms with Crippen molar-refractivity contribution in [3.05, 3.63) is 54.9 Å². The Bertz CT molecular complexity index is 590. The number of halogens is 2. The normalized spacial score (nSPS) is 10.4. The van der Waals surface area contributed by atoms with Crippen molar-refractivity contribution in [1.29, 1.82) is 0 Å². The van der Waals surface area contributed by atoms with Crippen molar-refractivity contribution in [3.8, 4) is 0 Å². The van der Waals surface area contributed by atoms with Crippen molar-refractivity contribution >= 4 is 38.6 Å². The fourth-order valence-corrected chi connectivity index (χ4v) is 2.65. The van der Waals surface area contributed by atoms with Gasteiger partial charge in [-0.25, -0.2) is 4.39 Å². The Kier molecular flexibility index (Phi) is 4.49. The Balaban J connectivity index is 2.10. The quantitative estimate of drug-likeness (QED) is 0.652. The van der Waals surface area contributed by atoms with Crippen molar-refractivity contribution in [2.24, 2.45) is 0 Å². The number of anilines is 1. The van der Waals surface area contributed by atoms with Crippen LogP contribution in [0.25, 0.3) is 0 Å². The van der Waals surface area contributed by atoms with E-state index in [0.717, 1.165) is 12.5 Å². The van der Waals surface area contributed by atoms with E-state index in [9.17, 15) is 14.5 Å². The molecule has 100 valence electrons. The summed E-state index contributed by atoms with van der Waals surface area (Å²) in [6.07, 6.45) is 0.760. The predicted molar refractivity (Wildman–Crippen MR) is 77.3 cm³/mol. The summed E-state index contributed by atoms with van der Waals surface area (Å²) in [5, 5.41) is 17.8. The zero-order valence-corrected chi connectivity index (χ0v) is 12.1. The number of nitro benzene ring substituents is 1. The average molecular weight is 345 g/mol. The van der Waals surface area contributed by atoms with Crippen LogP contribution in [-0.4, -0.2) is 11.5 Å². The molecule has 0 aliphatic carbocycles. The SMILES string of the molecule is O=[N+]([O-])c1cc(F)c(Br)cc1NCCc1ccsc1. The van der Waals surface area contributed by atoms with Crippen LogP contribution < -0.4 is 5.32 Å². The Hall–Kier alpha value is -1.47. The lowest BCUT2D eigenvalue weighted by Crippen LogP contribution is -2.07. The highest BCUT2D eigenvalue weighted by Gasteiger charge is 2.17. The third-order valence-corrected chi connectivity index (χ3v) is 3.88. The number of hydrogen-bond donors (Lipinski definition) is 1. The van der Waals surface area contributed by atoms with Gasteiger partial charge < -0.3 is 5.32 Å². The fourth-order valence-electron chi connectivity index (χ4n) is 1.61. The molecule has 0 saturated heterocycles. The molecular weight excluding hydrogens is 335 g/mol. The van der Waals surface area contributed by atoms with Gasteiger partial charge in [0.05, 0.1) is 15.5 Å². The number of nitrogens with zero attached hydrogens (tertiary/aromatic N) is 1. The van der Waals surface area contributed by atoms with Crippen molar-refractivity contribution < 1.29 is 9.31 Å². The topological polar surface area (TPSA) is 55.2 Å². The maximum Gasteiger partial charge on any atom is 0.295 e. The molecule has 0 spiro atoms. The van der Waals surface area contributed by atoms with E-state index < -0.39 is 10.7 Å². The summed E-state index contributed by atoms with van der Waals surface area (Å²) in [6, 6.07) is 4.30. The number of benzene rings is 1. The summed E-state index contributed by atoms with van der Waals surface area (Å²) in [4.78, 5) is 10.3. The molecule has 0 amide bonds. The number of rotatable bonds is 5. The maximum atomic E-state index is 13.3. The molecule has 0 saturated carbocycles. The molecule has 19 heavy (non-hydrogen) atoms. The van der Waals surface area contributed by atoms with Gasteiger partial charge in [-0.3, -0.25) is 10.1 Å². The molecule has 4 nitrogen and oxygen atoms in total. The molecule has 0 aliphatic rings. The van der Waals surface area contributed by atoms with Crippen LogP contribution >= 0.6 is 27.3 Å². The third kappa shape index (κ3) is 3.51. The number of hydrogen-bond acceptors (Lipinski definition) is 4. The molecule has 0 radical (unpaired) electrons. The van der Waals surface area contributed by atoms with Crippen LogP contribution in [0.2, 0.25) is 0 Å². The summed E-state index contributed by atoms with van der Waals surface area (Å²) in [7, 11) is 0. The minimum Gasteiger partial charge on any atom is -0.379 e. The molecular formula is C12H10BrFN2O2S. The molecule has 0 fully saturated rings. The van der Waals surface area contributed by atoms with Crippen LogP contribution in [0.4, 0.5) is 15.8 Å². The Morgan fingerprint density at radius 1 is 1.47 bits per heavy atom. The molecule has 7 heteroatoms. The first-order valence-corrected chi connectivity index (χ1v) is 7.20. The van der Waals surface area contributed by atoms with E-state index in [1.54, 1.807) is 11.3 Å². The lowest BCUT2D eigenvalue weighted by molar-refractivity contribution is -0.384. The second kappa shape index (κ2) is 6.12. The smallest absolute Gasteiger partial charge is 0.295 e. The van der Waals surface area contributed by atoms with Gasteiger partial charge in [0.25, 0.3) is 5.69 Å². The molecule has 0 atom stereocenters. The van der Waals surface area contributed by atoms with E-state index >= 15 is 0 Å². The van der Waals surface area contributed by atoms with Gasteiger partial charge >= 0.3 is 0 Å². The molecule has 2 rings (SSSR count). The maximum absolute atomic E-state index is 13.3. The van der Waals surface area contributed by atoms with Crippen LogP contribution in [-0.2, 0) is 6.42 Å². The van der Waals surface area contributed by atoms with Crippen molar-refractivity contribution in [2.45, 2.75) is 6.42 Å². The monoisotopic (exact) mass is 344 g/mol. The third-order valence-electron chi connectivity index (χ3n) is 2.54. The van der Waals surface area contributed by atoms with Crippen LogP contribution in [0.3, 0.4) is 0 Å². The second-order valence-electron chi connectivity index (χ2n) is 3.85. The molecule has 0 bridgehead atoms. The van der Waals surface area contributed by atoms with Crippen molar-refractivity contribution in [2.75, 3.05) is 11.9 Å². The van der Waals surface area contributed by atoms with Crippen LogP contribution in [0.1, 0.15) is 5.56 Å². The predicted octanol–water partition coefficient (Wildman–Crippen LogP) is 4.21. The minimum atomic E-state index is -0.643. The van der Waals surface area contributed by atoms with Gasteiger partial charge in [-0.15, -0.1) is 0 Å². The largest absolute Gasteiger partial charge is 0.379 e. The molecule has 0 aliphatic heterocycles. The van der Waals surface area contributed by atoms with E-state index in [1.807, 2.05) is 16.8 Å².